The van der Waals surface area contributed by atoms with E-state index in [0.29, 0.717) is 0 Å². The van der Waals surface area contributed by atoms with Crippen molar-refractivity contribution in [2.75, 3.05) is 6.54 Å². The molecule has 1 N–H and O–H groups in total. The molecular formula is C14H16ClN3S2. The molecule has 0 saturated carbocycles. The Labute approximate surface area is 131 Å². The van der Waals surface area contributed by atoms with Crippen LogP contribution in [0.2, 0.25) is 5.02 Å². The molecule has 0 bridgehead atoms. The number of thiophene rings is 2. The van der Waals surface area contributed by atoms with Crippen LogP contribution in [0.15, 0.2) is 23.7 Å². The lowest BCUT2D eigenvalue weighted by Gasteiger charge is -2.18. The smallest absolute Gasteiger partial charge is 0.0857 e. The van der Waals surface area contributed by atoms with Gasteiger partial charge in [-0.2, -0.15) is 5.10 Å². The third-order valence-corrected chi connectivity index (χ3v) is 5.71. The van der Waals surface area contributed by atoms with Gasteiger partial charge in [-0.3, -0.25) is 4.68 Å². The monoisotopic (exact) mass is 325 g/mol. The predicted octanol–water partition coefficient (Wildman–Crippen LogP) is 4.53. The summed E-state index contributed by atoms with van der Waals surface area (Å²) in [5.41, 5.74) is 1.06. The van der Waals surface area contributed by atoms with E-state index in [2.05, 4.69) is 41.8 Å². The van der Waals surface area contributed by atoms with Crippen molar-refractivity contribution >= 4 is 43.7 Å². The molecule has 3 heterocycles. The molecule has 0 aliphatic heterocycles. The summed E-state index contributed by atoms with van der Waals surface area (Å²) >= 11 is 9.97. The number of nitrogens with one attached hydrogen (secondary N) is 1. The molecule has 3 aromatic rings. The zero-order valence-corrected chi connectivity index (χ0v) is 13.8. The molecule has 106 valence electrons. The first-order valence-corrected chi connectivity index (χ1v) is 8.73. The summed E-state index contributed by atoms with van der Waals surface area (Å²) in [7, 11) is 0. The van der Waals surface area contributed by atoms with Gasteiger partial charge in [-0.15, -0.1) is 22.7 Å². The van der Waals surface area contributed by atoms with Gasteiger partial charge in [-0.25, -0.2) is 0 Å². The standard InChI is InChI=1S/C14H16ClN3S2/c1-3-16-13(14-9(15)8-17-18(14)4-2)12-7-11-10(20-12)5-6-19-11/h5-8,13,16H,3-4H2,1-2H3. The average Bonchev–Trinajstić information content (AvgIpc) is 3.10. The molecule has 0 spiro atoms. The van der Waals surface area contributed by atoms with E-state index < -0.39 is 0 Å². The van der Waals surface area contributed by atoms with Crippen LogP contribution in [0.5, 0.6) is 0 Å². The van der Waals surface area contributed by atoms with Gasteiger partial charge in [0.2, 0.25) is 0 Å². The van der Waals surface area contributed by atoms with Gasteiger partial charge >= 0.3 is 0 Å². The fraction of sp³-hybridized carbons (Fsp3) is 0.357. The molecule has 0 saturated heterocycles. The number of halogens is 1. The van der Waals surface area contributed by atoms with Crippen molar-refractivity contribution < 1.29 is 0 Å². The molecule has 0 aromatic carbocycles. The first-order valence-electron chi connectivity index (χ1n) is 6.66. The van der Waals surface area contributed by atoms with Gasteiger partial charge in [0, 0.05) is 20.8 Å². The number of hydrogen-bond acceptors (Lipinski definition) is 4. The van der Waals surface area contributed by atoms with Gasteiger partial charge in [-0.1, -0.05) is 18.5 Å². The minimum Gasteiger partial charge on any atom is -0.305 e. The van der Waals surface area contributed by atoms with E-state index in [0.717, 1.165) is 23.8 Å². The molecule has 3 aromatic heterocycles. The van der Waals surface area contributed by atoms with Gasteiger partial charge in [0.25, 0.3) is 0 Å². The van der Waals surface area contributed by atoms with E-state index in [4.69, 9.17) is 11.6 Å². The fourth-order valence-electron chi connectivity index (χ4n) is 2.37. The Morgan fingerprint density at radius 1 is 1.40 bits per heavy atom. The highest BCUT2D eigenvalue weighted by atomic mass is 35.5. The summed E-state index contributed by atoms with van der Waals surface area (Å²) in [5, 5.41) is 10.8. The van der Waals surface area contributed by atoms with Crippen LogP contribution in [-0.4, -0.2) is 16.3 Å². The van der Waals surface area contributed by atoms with Gasteiger partial charge in [0.15, 0.2) is 0 Å². The zero-order valence-electron chi connectivity index (χ0n) is 11.4. The summed E-state index contributed by atoms with van der Waals surface area (Å²) < 4.78 is 4.65. The summed E-state index contributed by atoms with van der Waals surface area (Å²) in [5.74, 6) is 0. The van der Waals surface area contributed by atoms with Crippen molar-refractivity contribution in [2.45, 2.75) is 26.4 Å². The van der Waals surface area contributed by atoms with Gasteiger partial charge < -0.3 is 5.32 Å². The molecule has 1 atom stereocenters. The van der Waals surface area contributed by atoms with E-state index in [1.54, 1.807) is 17.5 Å². The fourth-order valence-corrected chi connectivity index (χ4v) is 4.82. The van der Waals surface area contributed by atoms with Crippen LogP contribution >= 0.6 is 34.3 Å². The third-order valence-electron chi connectivity index (χ3n) is 3.26. The minimum absolute atomic E-state index is 0.111. The molecule has 0 radical (unpaired) electrons. The normalized spacial score (nSPS) is 13.2. The molecule has 3 nitrogen and oxygen atoms in total. The zero-order chi connectivity index (χ0) is 14.1. The Hall–Kier alpha value is -0.880. The molecule has 0 amide bonds. The van der Waals surface area contributed by atoms with Crippen molar-refractivity contribution in [2.24, 2.45) is 0 Å². The van der Waals surface area contributed by atoms with Crippen LogP contribution in [0.1, 0.15) is 30.5 Å². The molecule has 6 heteroatoms. The Balaban J connectivity index is 2.08. The van der Waals surface area contributed by atoms with Crippen molar-refractivity contribution in [3.8, 4) is 0 Å². The van der Waals surface area contributed by atoms with Gasteiger partial charge in [-0.05, 0) is 31.0 Å². The van der Waals surface area contributed by atoms with E-state index in [-0.39, 0.29) is 6.04 Å². The maximum absolute atomic E-state index is 6.36. The second-order valence-electron chi connectivity index (χ2n) is 4.48. The summed E-state index contributed by atoms with van der Waals surface area (Å²) in [4.78, 5) is 1.30. The number of aryl methyl sites for hydroxylation is 1. The summed E-state index contributed by atoms with van der Waals surface area (Å²) in [6.07, 6.45) is 1.74. The maximum Gasteiger partial charge on any atom is 0.0857 e. The highest BCUT2D eigenvalue weighted by Gasteiger charge is 2.23. The Bertz CT molecular complexity index is 684. The Kier molecular flexibility index (Phi) is 4.12. The van der Waals surface area contributed by atoms with Crippen LogP contribution in [0.25, 0.3) is 9.40 Å². The molecule has 20 heavy (non-hydrogen) atoms. The molecule has 0 aliphatic carbocycles. The maximum atomic E-state index is 6.36. The van der Waals surface area contributed by atoms with E-state index in [9.17, 15) is 0 Å². The van der Waals surface area contributed by atoms with E-state index >= 15 is 0 Å². The number of nitrogens with zero attached hydrogens (tertiary/aromatic N) is 2. The van der Waals surface area contributed by atoms with Gasteiger partial charge in [0.1, 0.15) is 0 Å². The van der Waals surface area contributed by atoms with Crippen molar-refractivity contribution in [1.82, 2.24) is 15.1 Å². The second-order valence-corrected chi connectivity index (χ2v) is 6.95. The SMILES string of the molecule is CCNC(c1cc2sccc2s1)c1c(Cl)cnn1CC. The third kappa shape index (κ3) is 2.39. The molecule has 3 rings (SSSR count). The van der Waals surface area contributed by atoms with Crippen molar-refractivity contribution in [3.05, 3.63) is 39.3 Å². The lowest BCUT2D eigenvalue weighted by molar-refractivity contribution is 0.547. The van der Waals surface area contributed by atoms with Crippen LogP contribution in [0.4, 0.5) is 0 Å². The molecule has 1 unspecified atom stereocenters. The van der Waals surface area contributed by atoms with Gasteiger partial charge in [0.05, 0.1) is 23.0 Å². The molecule has 0 aliphatic rings. The topological polar surface area (TPSA) is 29.9 Å². The van der Waals surface area contributed by atoms with E-state index in [1.165, 1.54) is 14.3 Å². The highest BCUT2D eigenvalue weighted by Crippen LogP contribution is 2.37. The first kappa shape index (κ1) is 14.1. The number of rotatable bonds is 5. The molecular weight excluding hydrogens is 310 g/mol. The van der Waals surface area contributed by atoms with Crippen molar-refractivity contribution in [1.29, 1.82) is 0 Å². The first-order chi connectivity index (χ1) is 9.74. The lowest BCUT2D eigenvalue weighted by atomic mass is 10.1. The largest absolute Gasteiger partial charge is 0.305 e. The summed E-state index contributed by atoms with van der Waals surface area (Å²) in [6.45, 7) is 5.91. The lowest BCUT2D eigenvalue weighted by Crippen LogP contribution is -2.24. The molecule has 0 fully saturated rings. The van der Waals surface area contributed by atoms with E-state index in [1.807, 2.05) is 16.0 Å². The van der Waals surface area contributed by atoms with Crippen LogP contribution in [-0.2, 0) is 6.54 Å². The summed E-state index contributed by atoms with van der Waals surface area (Å²) in [6, 6.07) is 4.55. The van der Waals surface area contributed by atoms with Crippen molar-refractivity contribution in [3.63, 3.8) is 0 Å². The number of hydrogen-bond donors (Lipinski definition) is 1. The number of aromatic nitrogens is 2. The highest BCUT2D eigenvalue weighted by molar-refractivity contribution is 7.27. The Morgan fingerprint density at radius 3 is 2.95 bits per heavy atom. The van der Waals surface area contributed by atoms with Crippen LogP contribution in [0.3, 0.4) is 0 Å². The van der Waals surface area contributed by atoms with Crippen LogP contribution < -0.4 is 5.32 Å². The average molecular weight is 326 g/mol. The quantitative estimate of drug-likeness (QED) is 0.746. The minimum atomic E-state index is 0.111. The number of fused-ring (bicyclic) bond motifs is 1. The Morgan fingerprint density at radius 2 is 2.25 bits per heavy atom. The second kappa shape index (κ2) is 5.85. The predicted molar refractivity (Wildman–Crippen MR) is 88.1 cm³/mol. The van der Waals surface area contributed by atoms with Crippen LogP contribution in [0, 0.1) is 0 Å².